The molecule has 2 heterocycles. The van der Waals surface area contributed by atoms with Gasteiger partial charge in [-0.1, -0.05) is 24.3 Å². The Balaban J connectivity index is 1.53. The molecule has 1 aliphatic heterocycles. The molecule has 1 aliphatic rings. The van der Waals surface area contributed by atoms with Gasteiger partial charge in [0, 0.05) is 33.7 Å². The smallest absolute Gasteiger partial charge is 0.248 e. The molecule has 0 saturated carbocycles. The lowest BCUT2D eigenvalue weighted by molar-refractivity contribution is 0.100. The Labute approximate surface area is 154 Å². The molecule has 6 heteroatoms. The molecule has 4 rings (SSSR count). The highest BCUT2D eigenvalue weighted by Gasteiger charge is 2.18. The van der Waals surface area contributed by atoms with Crippen LogP contribution in [-0.4, -0.2) is 23.2 Å². The summed E-state index contributed by atoms with van der Waals surface area (Å²) in [5, 5.41) is 3.08. The Bertz CT molecular complexity index is 905. The van der Waals surface area contributed by atoms with Crippen molar-refractivity contribution in [2.24, 2.45) is 5.73 Å². The number of thioether (sulfide) groups is 1. The number of para-hydroxylation sites is 1. The molecule has 4 nitrogen and oxygen atoms in total. The van der Waals surface area contributed by atoms with Gasteiger partial charge in [0.15, 0.2) is 0 Å². The first-order chi connectivity index (χ1) is 12.2. The zero-order chi connectivity index (χ0) is 17.2. The van der Waals surface area contributed by atoms with Crippen LogP contribution in [0.15, 0.2) is 58.8 Å². The van der Waals surface area contributed by atoms with E-state index in [1.165, 1.54) is 10.6 Å². The summed E-state index contributed by atoms with van der Waals surface area (Å²) in [6.07, 6.45) is 0. The molecule has 0 unspecified atom stereocenters. The fourth-order valence-corrected chi connectivity index (χ4v) is 4.74. The van der Waals surface area contributed by atoms with Crippen molar-refractivity contribution < 1.29 is 4.79 Å². The number of rotatable bonds is 4. The van der Waals surface area contributed by atoms with E-state index < -0.39 is 5.91 Å². The first kappa shape index (κ1) is 16.2. The lowest BCUT2D eigenvalue weighted by Gasteiger charge is -2.30. The van der Waals surface area contributed by atoms with Crippen LogP contribution in [0.3, 0.4) is 0 Å². The van der Waals surface area contributed by atoms with Crippen molar-refractivity contribution in [1.82, 2.24) is 4.98 Å². The number of anilines is 1. The summed E-state index contributed by atoms with van der Waals surface area (Å²) in [5.41, 5.74) is 9.18. The molecule has 0 atom stereocenters. The minimum absolute atomic E-state index is 0.409. The van der Waals surface area contributed by atoms with Crippen LogP contribution in [0.1, 0.15) is 16.1 Å². The maximum atomic E-state index is 11.2. The van der Waals surface area contributed by atoms with E-state index in [-0.39, 0.29) is 0 Å². The second-order valence-corrected chi connectivity index (χ2v) is 7.82. The average Bonchev–Trinajstić information content (AvgIpc) is 3.11. The van der Waals surface area contributed by atoms with E-state index in [1.54, 1.807) is 23.5 Å². The third kappa shape index (κ3) is 3.41. The Hall–Kier alpha value is -2.31. The first-order valence-electron chi connectivity index (χ1n) is 8.02. The molecule has 25 heavy (non-hydrogen) atoms. The molecular formula is C19H17N3OS2. The van der Waals surface area contributed by atoms with Gasteiger partial charge < -0.3 is 10.6 Å². The molecule has 2 N–H and O–H groups in total. The van der Waals surface area contributed by atoms with Gasteiger partial charge >= 0.3 is 0 Å². The Morgan fingerprint density at radius 2 is 1.96 bits per heavy atom. The van der Waals surface area contributed by atoms with Crippen LogP contribution in [-0.2, 0) is 6.54 Å². The SMILES string of the molecule is NC(=O)c1ccc(-c2nc(CN3CCSc4ccccc43)cs2)cc1. The lowest BCUT2D eigenvalue weighted by atomic mass is 10.1. The molecule has 1 amide bonds. The lowest BCUT2D eigenvalue weighted by Crippen LogP contribution is -2.28. The van der Waals surface area contributed by atoms with Crippen molar-refractivity contribution in [2.45, 2.75) is 11.4 Å². The highest BCUT2D eigenvalue weighted by atomic mass is 32.2. The molecule has 2 aromatic carbocycles. The van der Waals surface area contributed by atoms with Crippen molar-refractivity contribution in [3.05, 3.63) is 65.2 Å². The van der Waals surface area contributed by atoms with E-state index in [0.717, 1.165) is 35.1 Å². The highest BCUT2D eigenvalue weighted by molar-refractivity contribution is 7.99. The highest BCUT2D eigenvalue weighted by Crippen LogP contribution is 2.35. The molecule has 0 fully saturated rings. The summed E-state index contributed by atoms with van der Waals surface area (Å²) in [5.74, 6) is 0.691. The van der Waals surface area contributed by atoms with Crippen LogP contribution in [0, 0.1) is 0 Å². The molecule has 0 bridgehead atoms. The van der Waals surface area contributed by atoms with Crippen molar-refractivity contribution in [3.63, 3.8) is 0 Å². The van der Waals surface area contributed by atoms with Gasteiger partial charge in [0.1, 0.15) is 5.01 Å². The standard InChI is InChI=1S/C19H17N3OS2/c20-18(23)13-5-7-14(8-6-13)19-21-15(12-25-19)11-22-9-10-24-17-4-2-1-3-16(17)22/h1-8,12H,9-11H2,(H2,20,23). The molecule has 0 aliphatic carbocycles. The van der Waals surface area contributed by atoms with Gasteiger partial charge in [-0.2, -0.15) is 0 Å². The largest absolute Gasteiger partial charge is 0.366 e. The van der Waals surface area contributed by atoms with Crippen molar-refractivity contribution in [2.75, 3.05) is 17.2 Å². The molecule has 0 saturated heterocycles. The van der Waals surface area contributed by atoms with Crippen LogP contribution in [0.5, 0.6) is 0 Å². The monoisotopic (exact) mass is 367 g/mol. The Kier molecular flexibility index (Phi) is 4.46. The van der Waals surface area contributed by atoms with Gasteiger partial charge in [-0.05, 0) is 24.3 Å². The van der Waals surface area contributed by atoms with Crippen molar-refractivity contribution >= 4 is 34.7 Å². The fraction of sp³-hybridized carbons (Fsp3) is 0.158. The zero-order valence-electron chi connectivity index (χ0n) is 13.5. The molecule has 0 radical (unpaired) electrons. The number of primary amides is 1. The van der Waals surface area contributed by atoms with Crippen molar-refractivity contribution in [3.8, 4) is 10.6 Å². The van der Waals surface area contributed by atoms with E-state index in [2.05, 4.69) is 34.5 Å². The maximum absolute atomic E-state index is 11.2. The number of carbonyl (C=O) groups excluding carboxylic acids is 1. The molecule has 126 valence electrons. The molecule has 1 aromatic heterocycles. The summed E-state index contributed by atoms with van der Waals surface area (Å²) in [6, 6.07) is 15.8. The summed E-state index contributed by atoms with van der Waals surface area (Å²) in [7, 11) is 0. The number of nitrogens with zero attached hydrogens (tertiary/aromatic N) is 2. The average molecular weight is 367 g/mol. The first-order valence-corrected chi connectivity index (χ1v) is 9.88. The number of hydrogen-bond acceptors (Lipinski definition) is 5. The number of amides is 1. The van der Waals surface area contributed by atoms with Crippen LogP contribution in [0.4, 0.5) is 5.69 Å². The van der Waals surface area contributed by atoms with E-state index in [1.807, 2.05) is 23.9 Å². The topological polar surface area (TPSA) is 59.2 Å². The van der Waals surface area contributed by atoms with E-state index in [4.69, 9.17) is 10.7 Å². The van der Waals surface area contributed by atoms with Gasteiger partial charge in [-0.3, -0.25) is 4.79 Å². The normalized spacial score (nSPS) is 13.5. The summed E-state index contributed by atoms with van der Waals surface area (Å²) in [6.45, 7) is 1.84. The summed E-state index contributed by atoms with van der Waals surface area (Å²) in [4.78, 5) is 19.7. The minimum Gasteiger partial charge on any atom is -0.366 e. The Morgan fingerprint density at radius 3 is 2.76 bits per heavy atom. The zero-order valence-corrected chi connectivity index (χ0v) is 15.1. The number of hydrogen-bond donors (Lipinski definition) is 1. The van der Waals surface area contributed by atoms with Crippen LogP contribution in [0.25, 0.3) is 10.6 Å². The number of thiazole rings is 1. The minimum atomic E-state index is -0.409. The van der Waals surface area contributed by atoms with Gasteiger partial charge in [-0.15, -0.1) is 23.1 Å². The number of fused-ring (bicyclic) bond motifs is 1. The number of aromatic nitrogens is 1. The van der Waals surface area contributed by atoms with Crippen LogP contribution in [0.2, 0.25) is 0 Å². The third-order valence-electron chi connectivity index (χ3n) is 4.15. The predicted molar refractivity (Wildman–Crippen MR) is 104 cm³/mol. The summed E-state index contributed by atoms with van der Waals surface area (Å²) < 4.78 is 0. The summed E-state index contributed by atoms with van der Waals surface area (Å²) >= 11 is 3.54. The van der Waals surface area contributed by atoms with Crippen molar-refractivity contribution in [1.29, 1.82) is 0 Å². The van der Waals surface area contributed by atoms with Crippen LogP contribution >= 0.6 is 23.1 Å². The number of nitrogens with two attached hydrogens (primary N) is 1. The second-order valence-electron chi connectivity index (χ2n) is 5.82. The van der Waals surface area contributed by atoms with Gasteiger partial charge in [0.25, 0.3) is 0 Å². The third-order valence-corrected chi connectivity index (χ3v) is 6.13. The number of benzene rings is 2. The quantitative estimate of drug-likeness (QED) is 0.757. The molecular weight excluding hydrogens is 350 g/mol. The second kappa shape index (κ2) is 6.90. The molecule has 0 spiro atoms. The van der Waals surface area contributed by atoms with E-state index >= 15 is 0 Å². The van der Waals surface area contributed by atoms with Gasteiger partial charge in [-0.25, -0.2) is 4.98 Å². The van der Waals surface area contributed by atoms with Gasteiger partial charge in [0.05, 0.1) is 17.9 Å². The fourth-order valence-electron chi connectivity index (χ4n) is 2.88. The maximum Gasteiger partial charge on any atom is 0.248 e. The number of carbonyl (C=O) groups is 1. The Morgan fingerprint density at radius 1 is 1.16 bits per heavy atom. The van der Waals surface area contributed by atoms with Crippen LogP contribution < -0.4 is 10.6 Å². The predicted octanol–water partition coefficient (Wildman–Crippen LogP) is 4.02. The van der Waals surface area contributed by atoms with E-state index in [9.17, 15) is 4.79 Å². The van der Waals surface area contributed by atoms with Gasteiger partial charge in [0.2, 0.25) is 5.91 Å². The molecule has 3 aromatic rings. The van der Waals surface area contributed by atoms with E-state index in [0.29, 0.717) is 5.56 Å².